The largest absolute Gasteiger partial charge is 0.348 e. The third-order valence-corrected chi connectivity index (χ3v) is 7.47. The monoisotopic (exact) mass is 458 g/mol. The Morgan fingerprint density at radius 1 is 1.16 bits per heavy atom. The van der Waals surface area contributed by atoms with Crippen molar-refractivity contribution in [3.63, 3.8) is 0 Å². The number of hydrogen-bond acceptors (Lipinski definition) is 5. The van der Waals surface area contributed by atoms with E-state index in [9.17, 15) is 18.4 Å². The average molecular weight is 459 g/mol. The molecule has 4 N–H and O–H groups in total. The van der Waals surface area contributed by atoms with Gasteiger partial charge in [-0.3, -0.25) is 9.59 Å². The Morgan fingerprint density at radius 2 is 2.00 bits per heavy atom. The summed E-state index contributed by atoms with van der Waals surface area (Å²) in [6, 6.07) is 6.95. The quantitative estimate of drug-likeness (QED) is 0.511. The minimum Gasteiger partial charge on any atom is -0.348 e. The number of anilines is 2. The van der Waals surface area contributed by atoms with E-state index in [1.54, 1.807) is 6.07 Å². The molecule has 2 aromatic rings. The van der Waals surface area contributed by atoms with Gasteiger partial charge < -0.3 is 20.7 Å². The van der Waals surface area contributed by atoms with Gasteiger partial charge in [-0.2, -0.15) is 0 Å². The van der Waals surface area contributed by atoms with E-state index >= 15 is 0 Å². The molecule has 2 aromatic carbocycles. The van der Waals surface area contributed by atoms with Gasteiger partial charge in [0.05, 0.1) is 21.6 Å². The molecule has 2 aliphatic heterocycles. The average Bonchev–Trinajstić information content (AvgIpc) is 3.05. The third kappa shape index (κ3) is 3.73. The van der Waals surface area contributed by atoms with Crippen molar-refractivity contribution in [1.82, 2.24) is 10.6 Å². The van der Waals surface area contributed by atoms with Gasteiger partial charge in [0.25, 0.3) is 5.91 Å². The molecule has 2 heterocycles. The van der Waals surface area contributed by atoms with Gasteiger partial charge in [-0.25, -0.2) is 8.78 Å². The van der Waals surface area contributed by atoms with Crippen molar-refractivity contribution < 1.29 is 18.4 Å². The van der Waals surface area contributed by atoms with E-state index in [1.165, 1.54) is 12.1 Å². The molecule has 1 aliphatic carbocycles. The van der Waals surface area contributed by atoms with Crippen LogP contribution in [-0.2, 0) is 10.2 Å². The summed E-state index contributed by atoms with van der Waals surface area (Å²) in [5.74, 6) is -1.62. The molecular formula is C23H24F2N4O2S. The van der Waals surface area contributed by atoms with Crippen LogP contribution in [0, 0.1) is 11.6 Å². The fourth-order valence-electron chi connectivity index (χ4n) is 4.68. The number of amides is 2. The van der Waals surface area contributed by atoms with E-state index in [-0.39, 0.29) is 22.8 Å². The Labute approximate surface area is 189 Å². The molecule has 0 radical (unpaired) electrons. The first kappa shape index (κ1) is 21.2. The SMILES string of the molecule is O=C(NC1CCCNC1)c1cc(NSc2ccc(F)cc2F)cc2c1NC(=O)C21CCC1. The van der Waals surface area contributed by atoms with Gasteiger partial charge in [-0.1, -0.05) is 6.42 Å². The normalized spacial score (nSPS) is 20.9. The highest BCUT2D eigenvalue weighted by atomic mass is 32.2. The van der Waals surface area contributed by atoms with Crippen LogP contribution in [0.15, 0.2) is 35.2 Å². The van der Waals surface area contributed by atoms with Gasteiger partial charge in [-0.15, -0.1) is 0 Å². The summed E-state index contributed by atoms with van der Waals surface area (Å²) in [6.45, 7) is 1.65. The number of halogens is 2. The molecule has 32 heavy (non-hydrogen) atoms. The molecule has 0 aromatic heterocycles. The van der Waals surface area contributed by atoms with Crippen molar-refractivity contribution in [3.05, 3.63) is 53.1 Å². The number of benzene rings is 2. The van der Waals surface area contributed by atoms with Crippen LogP contribution in [0.5, 0.6) is 0 Å². The lowest BCUT2D eigenvalue weighted by atomic mass is 9.65. The van der Waals surface area contributed by atoms with Crippen molar-refractivity contribution in [2.45, 2.75) is 48.5 Å². The van der Waals surface area contributed by atoms with Gasteiger partial charge in [0, 0.05) is 24.3 Å². The van der Waals surface area contributed by atoms with Crippen molar-refractivity contribution in [2.24, 2.45) is 0 Å². The van der Waals surface area contributed by atoms with Crippen molar-refractivity contribution in [1.29, 1.82) is 0 Å². The zero-order chi connectivity index (χ0) is 22.3. The summed E-state index contributed by atoms with van der Waals surface area (Å²) >= 11 is 0.998. The molecule has 3 aliphatic rings. The lowest BCUT2D eigenvalue weighted by Crippen LogP contribution is -2.45. The van der Waals surface area contributed by atoms with Crippen LogP contribution in [-0.4, -0.2) is 30.9 Å². The first-order valence-electron chi connectivity index (χ1n) is 10.9. The van der Waals surface area contributed by atoms with Crippen LogP contribution in [0.1, 0.15) is 48.0 Å². The Balaban J connectivity index is 1.45. The van der Waals surface area contributed by atoms with Gasteiger partial charge >= 0.3 is 0 Å². The summed E-state index contributed by atoms with van der Waals surface area (Å²) in [5.41, 5.74) is 1.77. The number of carbonyl (C=O) groups is 2. The molecule has 6 nitrogen and oxygen atoms in total. The minimum atomic E-state index is -0.668. The molecule has 9 heteroatoms. The molecule has 0 bridgehead atoms. The minimum absolute atomic E-state index is 0.0287. The maximum Gasteiger partial charge on any atom is 0.253 e. The molecule has 2 amide bonds. The number of rotatable bonds is 5. The Hall–Kier alpha value is -2.65. The van der Waals surface area contributed by atoms with E-state index < -0.39 is 17.0 Å². The number of carbonyl (C=O) groups excluding carboxylic acids is 2. The second-order valence-electron chi connectivity index (χ2n) is 8.63. The summed E-state index contributed by atoms with van der Waals surface area (Å²) < 4.78 is 30.3. The van der Waals surface area contributed by atoms with Gasteiger partial charge in [-0.05, 0) is 74.0 Å². The number of fused-ring (bicyclic) bond motifs is 2. The van der Waals surface area contributed by atoms with E-state index in [0.717, 1.165) is 62.2 Å². The van der Waals surface area contributed by atoms with Crippen LogP contribution in [0.4, 0.5) is 20.2 Å². The van der Waals surface area contributed by atoms with Gasteiger partial charge in [0.1, 0.15) is 11.6 Å². The Kier molecular flexibility index (Phi) is 5.54. The topological polar surface area (TPSA) is 82.3 Å². The number of nitrogens with one attached hydrogen (secondary N) is 4. The smallest absolute Gasteiger partial charge is 0.253 e. The zero-order valence-electron chi connectivity index (χ0n) is 17.4. The Morgan fingerprint density at radius 3 is 2.69 bits per heavy atom. The van der Waals surface area contributed by atoms with Crippen LogP contribution in [0.3, 0.4) is 0 Å². The van der Waals surface area contributed by atoms with Crippen molar-refractivity contribution in [3.8, 4) is 0 Å². The lowest BCUT2D eigenvalue weighted by molar-refractivity contribution is -0.123. The fourth-order valence-corrected chi connectivity index (χ4v) is 5.32. The predicted molar refractivity (Wildman–Crippen MR) is 120 cm³/mol. The number of piperidine rings is 1. The van der Waals surface area contributed by atoms with E-state index in [1.807, 2.05) is 6.07 Å². The molecule has 1 unspecified atom stereocenters. The van der Waals surface area contributed by atoms with Crippen LogP contribution < -0.4 is 20.7 Å². The highest BCUT2D eigenvalue weighted by Crippen LogP contribution is 2.53. The van der Waals surface area contributed by atoms with E-state index in [0.29, 0.717) is 23.5 Å². The highest BCUT2D eigenvalue weighted by molar-refractivity contribution is 8.00. The molecule has 1 saturated heterocycles. The van der Waals surface area contributed by atoms with Gasteiger partial charge in [0.2, 0.25) is 5.91 Å². The zero-order valence-corrected chi connectivity index (χ0v) is 18.2. The van der Waals surface area contributed by atoms with E-state index in [2.05, 4.69) is 20.7 Å². The van der Waals surface area contributed by atoms with E-state index in [4.69, 9.17) is 0 Å². The Bertz CT molecular complexity index is 1080. The summed E-state index contributed by atoms with van der Waals surface area (Å²) in [7, 11) is 0. The predicted octanol–water partition coefficient (Wildman–Crippen LogP) is 3.94. The maximum absolute atomic E-state index is 14.1. The van der Waals surface area contributed by atoms with Crippen LogP contribution in [0.2, 0.25) is 0 Å². The van der Waals surface area contributed by atoms with Gasteiger partial charge in [0.15, 0.2) is 0 Å². The first-order chi connectivity index (χ1) is 15.5. The number of hydrogen-bond donors (Lipinski definition) is 4. The summed E-state index contributed by atoms with van der Waals surface area (Å²) in [6.07, 6.45) is 4.32. The van der Waals surface area contributed by atoms with Crippen LogP contribution in [0.25, 0.3) is 0 Å². The molecule has 5 rings (SSSR count). The second kappa shape index (κ2) is 8.37. The molecule has 168 valence electrons. The maximum atomic E-state index is 14.1. The highest BCUT2D eigenvalue weighted by Gasteiger charge is 2.52. The first-order valence-corrected chi connectivity index (χ1v) is 11.7. The summed E-state index contributed by atoms with van der Waals surface area (Å²) in [5, 5.41) is 9.29. The lowest BCUT2D eigenvalue weighted by Gasteiger charge is -2.36. The van der Waals surface area contributed by atoms with Crippen molar-refractivity contribution >= 4 is 35.1 Å². The molecular weight excluding hydrogens is 434 g/mol. The molecule has 2 fully saturated rings. The standard InChI is InChI=1S/C23H24F2N4O2S/c24-13-4-5-19(18(25)9-13)32-29-15-10-16(21(30)27-14-3-1-8-26-12-14)20-17(11-15)23(6-2-7-23)22(31)28-20/h4-5,9-11,14,26,29H,1-3,6-8,12H2,(H,27,30)(H,28,31). The molecule has 1 spiro atoms. The summed E-state index contributed by atoms with van der Waals surface area (Å²) in [4.78, 5) is 26.2. The fraction of sp³-hybridized carbons (Fsp3) is 0.391. The third-order valence-electron chi connectivity index (χ3n) is 6.58. The van der Waals surface area contributed by atoms with Crippen LogP contribution >= 0.6 is 11.9 Å². The molecule has 1 atom stereocenters. The molecule has 1 saturated carbocycles. The van der Waals surface area contributed by atoms with Crippen molar-refractivity contribution in [2.75, 3.05) is 23.1 Å². The second-order valence-corrected chi connectivity index (χ2v) is 9.48.